The second-order valence-corrected chi connectivity index (χ2v) is 14.7. The molecule has 5 aliphatic carbocycles. The van der Waals surface area contributed by atoms with Gasteiger partial charge < -0.3 is 5.11 Å². The molecule has 0 aromatic carbocycles. The number of carboxylic acids is 1. The molecule has 0 saturated heterocycles. The fraction of sp³-hybridized carbons (Fsp3) is 0.839. The number of carboxylic acid groups (broad SMARTS) is 1. The van der Waals surface area contributed by atoms with Gasteiger partial charge in [-0.2, -0.15) is 0 Å². The van der Waals surface area contributed by atoms with E-state index < -0.39 is 16.8 Å². The van der Waals surface area contributed by atoms with Crippen molar-refractivity contribution in [1.29, 1.82) is 0 Å². The van der Waals surface area contributed by atoms with Crippen LogP contribution in [-0.2, 0) is 14.4 Å². The highest BCUT2D eigenvalue weighted by Gasteiger charge is 2.72. The third-order valence-corrected chi connectivity index (χ3v) is 13.3. The number of ketones is 1. The van der Waals surface area contributed by atoms with Crippen LogP contribution < -0.4 is 0 Å². The lowest BCUT2D eigenvalue weighted by Crippen LogP contribution is -2.66. The second-order valence-electron chi connectivity index (χ2n) is 14.7. The number of hydrogen-bond donors (Lipinski definition) is 1. The van der Waals surface area contributed by atoms with Gasteiger partial charge in [-0.15, -0.1) is 0 Å². The van der Waals surface area contributed by atoms with E-state index >= 15 is 0 Å². The predicted octanol–water partition coefficient (Wildman–Crippen LogP) is 6.72. The maximum Gasteiger partial charge on any atom is 0.309 e. The summed E-state index contributed by atoms with van der Waals surface area (Å²) in [5.41, 5.74) is -0.758. The molecule has 0 aromatic rings. The van der Waals surface area contributed by atoms with Gasteiger partial charge in [0.05, 0.1) is 11.0 Å². The summed E-state index contributed by atoms with van der Waals surface area (Å²) < 4.78 is 0. The molecule has 1 N–H and O–H groups in total. The zero-order valence-electron chi connectivity index (χ0n) is 22.9. The quantitative estimate of drug-likeness (QED) is 0.358. The maximum atomic E-state index is 13.2. The van der Waals surface area contributed by atoms with Crippen molar-refractivity contribution >= 4 is 18.0 Å². The molecule has 0 aromatic heterocycles. The molecular weight excluding hydrogens is 436 g/mol. The molecule has 0 unspecified atom stereocenters. The van der Waals surface area contributed by atoms with Crippen molar-refractivity contribution in [3.63, 3.8) is 0 Å². The first-order valence-electron chi connectivity index (χ1n) is 14.2. The van der Waals surface area contributed by atoms with Crippen molar-refractivity contribution in [2.45, 2.75) is 99.8 Å². The largest absolute Gasteiger partial charge is 0.481 e. The van der Waals surface area contributed by atoms with Crippen LogP contribution in [0.4, 0.5) is 0 Å². The molecule has 35 heavy (non-hydrogen) atoms. The molecule has 4 saturated carbocycles. The van der Waals surface area contributed by atoms with Crippen LogP contribution in [-0.4, -0.2) is 23.1 Å². The summed E-state index contributed by atoms with van der Waals surface area (Å²) in [7, 11) is 0. The van der Waals surface area contributed by atoms with E-state index in [1.807, 2.05) is 0 Å². The van der Waals surface area contributed by atoms with Gasteiger partial charge in [0.2, 0.25) is 0 Å². The normalized spacial score (nSPS) is 50.5. The van der Waals surface area contributed by atoms with Crippen LogP contribution >= 0.6 is 0 Å². The highest BCUT2D eigenvalue weighted by Crippen LogP contribution is 2.77. The van der Waals surface area contributed by atoms with E-state index in [0.29, 0.717) is 29.2 Å². The number of aldehydes is 1. The van der Waals surface area contributed by atoms with Crippen LogP contribution in [0.25, 0.3) is 0 Å². The smallest absolute Gasteiger partial charge is 0.309 e. The van der Waals surface area contributed by atoms with Crippen molar-refractivity contribution in [2.24, 2.45) is 62.6 Å². The van der Waals surface area contributed by atoms with Gasteiger partial charge in [-0.3, -0.25) is 14.4 Å². The van der Waals surface area contributed by atoms with E-state index in [9.17, 15) is 19.5 Å². The summed E-state index contributed by atoms with van der Waals surface area (Å²) >= 11 is 0. The Morgan fingerprint density at radius 2 is 1.63 bits per heavy atom. The van der Waals surface area contributed by atoms with Crippen LogP contribution in [0.3, 0.4) is 0 Å². The highest BCUT2D eigenvalue weighted by atomic mass is 16.4. The fourth-order valence-electron chi connectivity index (χ4n) is 11.4. The van der Waals surface area contributed by atoms with Crippen molar-refractivity contribution < 1.29 is 19.5 Å². The van der Waals surface area contributed by atoms with Gasteiger partial charge in [-0.25, -0.2) is 0 Å². The molecule has 9 atom stereocenters. The first kappa shape index (κ1) is 25.2. The molecule has 0 spiro atoms. The summed E-state index contributed by atoms with van der Waals surface area (Å²) in [6.45, 7) is 16.0. The second kappa shape index (κ2) is 7.54. The number of hydrogen-bond acceptors (Lipinski definition) is 3. The number of carbonyl (C=O) groups is 3. The summed E-state index contributed by atoms with van der Waals surface area (Å²) in [5, 5.41) is 10.5. The summed E-state index contributed by atoms with van der Waals surface area (Å²) in [4.78, 5) is 38.0. The van der Waals surface area contributed by atoms with Crippen molar-refractivity contribution in [2.75, 3.05) is 0 Å². The van der Waals surface area contributed by atoms with Crippen LogP contribution in [0.5, 0.6) is 0 Å². The standard InChI is InChI=1S/C31H46O4/c1-18(2)20-10-13-31(26(34)35)15-14-29(6)21(24(20)31)8-9-23-28(5)16-19(17-32)25(33)27(3,4)22(28)11-12-30(23,29)7/h16-18,20-24H,8-15H2,1-7H3,(H,34,35)/t20-,21+,22-,23+,24+,28-,29+,30+,31-/m0/s1. The van der Waals surface area contributed by atoms with Gasteiger partial charge in [0.1, 0.15) is 0 Å². The summed E-state index contributed by atoms with van der Waals surface area (Å²) in [6.07, 6.45) is 10.7. The number of fused-ring (bicyclic) bond motifs is 7. The molecule has 5 rings (SSSR count). The zero-order chi connectivity index (χ0) is 25.8. The highest BCUT2D eigenvalue weighted by molar-refractivity contribution is 6.15. The van der Waals surface area contributed by atoms with E-state index in [1.165, 1.54) is 0 Å². The number of carbonyl (C=O) groups excluding carboxylic acids is 2. The minimum absolute atomic E-state index is 0.00751. The summed E-state index contributed by atoms with van der Waals surface area (Å²) in [5.74, 6) is 1.76. The molecule has 0 aliphatic heterocycles. The van der Waals surface area contributed by atoms with Gasteiger partial charge in [0.15, 0.2) is 12.1 Å². The Hall–Kier alpha value is -1.45. The Labute approximate surface area is 211 Å². The lowest BCUT2D eigenvalue weighted by atomic mass is 9.32. The third kappa shape index (κ3) is 2.89. The van der Waals surface area contributed by atoms with Gasteiger partial charge in [-0.05, 0) is 103 Å². The van der Waals surface area contributed by atoms with Crippen molar-refractivity contribution in [3.05, 3.63) is 11.6 Å². The van der Waals surface area contributed by atoms with E-state index in [1.54, 1.807) is 0 Å². The third-order valence-electron chi connectivity index (χ3n) is 13.3. The molecule has 4 nitrogen and oxygen atoms in total. The molecule has 194 valence electrons. The number of Topliss-reactive ketones (excluding diaryl/α,β-unsaturated/α-hetero) is 1. The van der Waals surface area contributed by atoms with Gasteiger partial charge in [0, 0.05) is 5.41 Å². The van der Waals surface area contributed by atoms with Gasteiger partial charge in [0.25, 0.3) is 0 Å². The molecule has 0 amide bonds. The molecule has 5 aliphatic rings. The monoisotopic (exact) mass is 482 g/mol. The Bertz CT molecular complexity index is 992. The van der Waals surface area contributed by atoms with E-state index in [4.69, 9.17) is 0 Å². The van der Waals surface area contributed by atoms with Crippen molar-refractivity contribution in [1.82, 2.24) is 0 Å². The molecular formula is C31H46O4. The first-order chi connectivity index (χ1) is 16.2. The van der Waals surface area contributed by atoms with Gasteiger partial charge in [-0.1, -0.05) is 54.5 Å². The van der Waals surface area contributed by atoms with Gasteiger partial charge >= 0.3 is 5.97 Å². The summed E-state index contributed by atoms with van der Waals surface area (Å²) in [6, 6.07) is 0. The van der Waals surface area contributed by atoms with Crippen LogP contribution in [0.15, 0.2) is 11.6 Å². The van der Waals surface area contributed by atoms with E-state index in [0.717, 1.165) is 57.7 Å². The predicted molar refractivity (Wildman–Crippen MR) is 137 cm³/mol. The molecule has 0 radical (unpaired) electrons. The van der Waals surface area contributed by atoms with Crippen LogP contribution in [0.2, 0.25) is 0 Å². The molecule has 0 heterocycles. The van der Waals surface area contributed by atoms with E-state index in [2.05, 4.69) is 54.5 Å². The average molecular weight is 483 g/mol. The number of rotatable bonds is 3. The minimum Gasteiger partial charge on any atom is -0.481 e. The SMILES string of the molecule is CC(C)[C@@H]1CC[C@]2(C(=O)O)CC[C@]3(C)[C@H](CC[C@@H]4[C@@]5(C)C=C(C=O)C(=O)C(C)(C)[C@@H]5CC[C@]43C)[C@@H]12. The average Bonchev–Trinajstić information content (AvgIpc) is 3.18. The van der Waals surface area contributed by atoms with E-state index in [-0.39, 0.29) is 33.9 Å². The maximum absolute atomic E-state index is 13.2. The number of allylic oxidation sites excluding steroid dienone is 2. The Morgan fingerprint density at radius 3 is 2.23 bits per heavy atom. The minimum atomic E-state index is -0.554. The Kier molecular flexibility index (Phi) is 5.43. The first-order valence-corrected chi connectivity index (χ1v) is 14.2. The number of aliphatic carboxylic acids is 1. The molecule has 4 fully saturated rings. The Morgan fingerprint density at radius 1 is 0.943 bits per heavy atom. The zero-order valence-corrected chi connectivity index (χ0v) is 22.9. The lowest BCUT2D eigenvalue weighted by molar-refractivity contribution is -0.223. The topological polar surface area (TPSA) is 71.4 Å². The molecule has 4 heteroatoms. The van der Waals surface area contributed by atoms with Crippen LogP contribution in [0, 0.1) is 62.6 Å². The van der Waals surface area contributed by atoms with Crippen LogP contribution in [0.1, 0.15) is 99.8 Å². The van der Waals surface area contributed by atoms with Crippen molar-refractivity contribution in [3.8, 4) is 0 Å². The lowest BCUT2D eigenvalue weighted by Gasteiger charge is -2.71. The fourth-order valence-corrected chi connectivity index (χ4v) is 11.4. The Balaban J connectivity index is 1.61. The molecule has 0 bridgehead atoms.